The molecule has 0 amide bonds. The van der Waals surface area contributed by atoms with E-state index in [1.54, 1.807) is 0 Å². The Morgan fingerprint density at radius 2 is 0.647 bits per heavy atom. The van der Waals surface area contributed by atoms with Gasteiger partial charge in [-0.3, -0.25) is 28.8 Å². The number of ketones is 6. The van der Waals surface area contributed by atoms with Crippen LogP contribution in [-0.4, -0.2) is 34.7 Å². The first-order valence-electron chi connectivity index (χ1n) is 8.13. The van der Waals surface area contributed by atoms with Gasteiger partial charge in [-0.2, -0.15) is 10.5 Å². The van der Waals surface area contributed by atoms with Gasteiger partial charge in [0.2, 0.25) is 23.1 Å². The summed E-state index contributed by atoms with van der Waals surface area (Å²) in [4.78, 5) is 65.0. The lowest BCUT2D eigenvalue weighted by molar-refractivity contribution is -0.115. The summed E-state index contributed by atoms with van der Waals surface area (Å²) in [5.41, 5.74) is -1.13. The molecule has 3 aliphatic rings. The number of hydrogen-bond acceptors (Lipinski definition) is 8. The van der Waals surface area contributed by atoms with Crippen LogP contribution in [0.25, 0.3) is 0 Å². The van der Waals surface area contributed by atoms with Crippen molar-refractivity contribution in [2.75, 3.05) is 0 Å². The number of halogens is 6. The van der Waals surface area contributed by atoms with Gasteiger partial charge >= 0.3 is 0 Å². The van der Waals surface area contributed by atoms with E-state index in [0.717, 1.165) is 0 Å². The molecule has 0 N–H and O–H groups in total. The molecule has 0 fully saturated rings. The number of allylic oxidation sites excluding steroid dienone is 12. The number of nitrogens with zero attached hydrogens (tertiary/aromatic N) is 2. The fourth-order valence-electron chi connectivity index (χ4n) is 1.89. The zero-order chi connectivity index (χ0) is 26.3. The Hall–Kier alpha value is -2.82. The molecule has 0 unspecified atom stereocenters. The van der Waals surface area contributed by atoms with Gasteiger partial charge in [0.15, 0.2) is 11.6 Å². The molecule has 0 atom stereocenters. The van der Waals surface area contributed by atoms with Crippen LogP contribution in [-0.2, 0) is 28.8 Å². The van der Waals surface area contributed by atoms with Gasteiger partial charge in [-0.1, -0.05) is 69.6 Å². The van der Waals surface area contributed by atoms with E-state index in [-0.39, 0.29) is 11.6 Å². The van der Waals surface area contributed by atoms with Gasteiger partial charge in [-0.05, 0) is 24.3 Å². The van der Waals surface area contributed by atoms with Gasteiger partial charge in [-0.15, -0.1) is 0 Å². The van der Waals surface area contributed by atoms with Crippen LogP contribution in [0.4, 0.5) is 0 Å². The van der Waals surface area contributed by atoms with Crippen LogP contribution in [0.2, 0.25) is 0 Å². The Balaban J connectivity index is 0.000000264. The number of rotatable bonds is 0. The van der Waals surface area contributed by atoms with Crippen molar-refractivity contribution in [1.82, 2.24) is 0 Å². The summed E-state index contributed by atoms with van der Waals surface area (Å²) in [6.45, 7) is 0. The molecular weight excluding hydrogens is 577 g/mol. The van der Waals surface area contributed by atoms with Crippen LogP contribution in [0.3, 0.4) is 0 Å². The van der Waals surface area contributed by atoms with Gasteiger partial charge in [-0.25, -0.2) is 0 Å². The highest BCUT2D eigenvalue weighted by Gasteiger charge is 2.33. The van der Waals surface area contributed by atoms with Gasteiger partial charge < -0.3 is 0 Å². The first-order valence-corrected chi connectivity index (χ1v) is 10.4. The van der Waals surface area contributed by atoms with E-state index in [1.165, 1.54) is 36.4 Å². The molecule has 14 heteroatoms. The summed E-state index contributed by atoms with van der Waals surface area (Å²) in [5, 5.41) is 14.4. The third-order valence-corrected chi connectivity index (χ3v) is 5.98. The Labute approximate surface area is 220 Å². The lowest BCUT2D eigenvalue weighted by Crippen LogP contribution is -2.18. The van der Waals surface area contributed by atoms with Crippen LogP contribution in [0, 0.1) is 22.7 Å². The fraction of sp³-hybridized carbons (Fsp3) is 0. The highest BCUT2D eigenvalue weighted by molar-refractivity contribution is 6.69. The van der Waals surface area contributed by atoms with Gasteiger partial charge in [0.25, 0.3) is 0 Å². The lowest BCUT2D eigenvalue weighted by Gasteiger charge is -2.08. The minimum atomic E-state index is -0.893. The van der Waals surface area contributed by atoms with E-state index < -0.39 is 64.5 Å². The highest BCUT2D eigenvalue weighted by atomic mass is 35.5. The number of carbonyl (C=O) groups is 6. The second kappa shape index (κ2) is 12.6. The second-order valence-corrected chi connectivity index (χ2v) is 7.91. The molecule has 0 aromatic carbocycles. The van der Waals surface area contributed by atoms with Crippen molar-refractivity contribution in [2.45, 2.75) is 0 Å². The molecule has 0 bridgehead atoms. The first-order chi connectivity index (χ1) is 15.8. The highest BCUT2D eigenvalue weighted by Crippen LogP contribution is 2.32. The van der Waals surface area contributed by atoms with E-state index in [9.17, 15) is 28.8 Å². The zero-order valence-corrected chi connectivity index (χ0v) is 20.5. The SMILES string of the molecule is N#CC1=C(C#N)C(=O)C(Cl)=C(Cl)C1=O.O=C1C(Cl)=C(Cl)C(=O)C(Cl)=C1Cl.O=C1C=CC(=O)C=C1. The number of carbonyl (C=O) groups excluding carboxylic acids is 6. The maximum atomic E-state index is 11.2. The van der Waals surface area contributed by atoms with Crippen molar-refractivity contribution in [2.24, 2.45) is 0 Å². The van der Waals surface area contributed by atoms with Gasteiger partial charge in [0.1, 0.15) is 53.5 Å². The van der Waals surface area contributed by atoms with E-state index in [1.807, 2.05) is 0 Å². The molecule has 0 saturated heterocycles. The molecule has 0 spiro atoms. The molecule has 3 aliphatic carbocycles. The third-order valence-electron chi connectivity index (χ3n) is 3.53. The van der Waals surface area contributed by atoms with Crippen LogP contribution in [0.1, 0.15) is 0 Å². The molecule has 8 nitrogen and oxygen atoms in total. The molecule has 0 radical (unpaired) electrons. The summed E-state index contributed by atoms with van der Waals surface area (Å²) >= 11 is 32.3. The van der Waals surface area contributed by atoms with Crippen LogP contribution < -0.4 is 0 Å². The maximum Gasteiger partial charge on any atom is 0.219 e. The molecule has 0 aliphatic heterocycles. The van der Waals surface area contributed by atoms with Crippen molar-refractivity contribution < 1.29 is 28.8 Å². The van der Waals surface area contributed by atoms with Crippen molar-refractivity contribution in [3.63, 3.8) is 0 Å². The van der Waals surface area contributed by atoms with Crippen LogP contribution in [0.5, 0.6) is 0 Å². The maximum absolute atomic E-state index is 11.2. The van der Waals surface area contributed by atoms with Gasteiger partial charge in [0, 0.05) is 0 Å². The molecule has 34 heavy (non-hydrogen) atoms. The van der Waals surface area contributed by atoms with E-state index in [2.05, 4.69) is 0 Å². The summed E-state index contributed by atoms with van der Waals surface area (Å²) in [6, 6.07) is 2.89. The van der Waals surface area contributed by atoms with Crippen molar-refractivity contribution in [1.29, 1.82) is 10.5 Å². The molecule has 172 valence electrons. The zero-order valence-electron chi connectivity index (χ0n) is 15.9. The smallest absolute Gasteiger partial charge is 0.219 e. The molecule has 0 aromatic rings. The second-order valence-electron chi connectivity index (χ2n) is 5.65. The fourth-order valence-corrected chi connectivity index (χ4v) is 3.07. The first kappa shape index (κ1) is 29.2. The van der Waals surface area contributed by atoms with Crippen LogP contribution in [0.15, 0.2) is 65.6 Å². The van der Waals surface area contributed by atoms with E-state index in [0.29, 0.717) is 0 Å². The normalized spacial score (nSPS) is 17.9. The Kier molecular flexibility index (Phi) is 10.8. The van der Waals surface area contributed by atoms with Crippen molar-refractivity contribution >= 4 is 104 Å². The average molecular weight is 581 g/mol. The van der Waals surface area contributed by atoms with E-state index in [4.69, 9.17) is 80.1 Å². The number of hydrogen-bond donors (Lipinski definition) is 0. The predicted octanol–water partition coefficient (Wildman–Crippen LogP) is 3.94. The van der Waals surface area contributed by atoms with Crippen molar-refractivity contribution in [3.05, 3.63) is 65.6 Å². The Morgan fingerprint density at radius 1 is 0.441 bits per heavy atom. The molecule has 0 saturated carbocycles. The lowest BCUT2D eigenvalue weighted by atomic mass is 9.96. The molecular formula is C20H4Cl6N2O6. The minimum Gasteiger partial charge on any atom is -0.290 e. The van der Waals surface area contributed by atoms with E-state index >= 15 is 0 Å². The number of Topliss-reactive ketones (excluding diaryl/α,β-unsaturated/α-hetero) is 4. The minimum absolute atomic E-state index is 0.121. The van der Waals surface area contributed by atoms with Crippen LogP contribution >= 0.6 is 69.6 Å². The largest absolute Gasteiger partial charge is 0.290 e. The summed E-state index contributed by atoms with van der Waals surface area (Å²) in [6.07, 6.45) is 5.01. The van der Waals surface area contributed by atoms with Gasteiger partial charge in [0.05, 0.1) is 0 Å². The summed E-state index contributed by atoms with van der Waals surface area (Å²) in [5.74, 6) is -3.49. The summed E-state index contributed by atoms with van der Waals surface area (Å²) < 4.78 is 0. The Bertz CT molecular complexity index is 1190. The predicted molar refractivity (Wildman–Crippen MR) is 123 cm³/mol. The monoisotopic (exact) mass is 578 g/mol. The quantitative estimate of drug-likeness (QED) is 0.391. The Morgan fingerprint density at radius 3 is 0.853 bits per heavy atom. The average Bonchev–Trinajstić information content (AvgIpc) is 2.83. The molecule has 0 aromatic heterocycles. The van der Waals surface area contributed by atoms with Crippen molar-refractivity contribution in [3.8, 4) is 12.1 Å². The molecule has 3 rings (SSSR count). The molecule has 0 heterocycles. The standard InChI is InChI=1S/C8Cl2N2O2.C6Cl4O2.C6H4O2/c9-5-6(10)8(14)4(2-12)3(1-11)7(5)13;7-1-2(8)6(12)4(10)3(9)5(1)11;7-5-1-2-6(8)4-3-5/h;;1-4H. The third kappa shape index (κ3) is 6.62. The number of nitriles is 2. The topological polar surface area (TPSA) is 150 Å². The summed E-state index contributed by atoms with van der Waals surface area (Å²) in [7, 11) is 0.